The average molecular weight is 445 g/mol. The third kappa shape index (κ3) is 4.75. The standard InChI is InChI=1S/C22H26ClFN6O/c1-14(2)15-3-6-17(7-4-15)30-21(26-16-5-8-19(24)18(23)13-16)27-20(25)28-22(30)29-9-11-31-12-10-29/h3-8,13-14,21,26H,9-12H2,1-2H3,(H2,25,27). The number of ether oxygens (including phenoxy) is 1. The molecule has 31 heavy (non-hydrogen) atoms. The number of rotatable bonds is 4. The molecule has 2 aromatic carbocycles. The number of aliphatic imine (C=N–C) groups is 2. The van der Waals surface area contributed by atoms with E-state index in [1.165, 1.54) is 17.7 Å². The van der Waals surface area contributed by atoms with Gasteiger partial charge in [0.05, 0.1) is 18.2 Å². The first-order chi connectivity index (χ1) is 14.9. The SMILES string of the molecule is CC(C)c1ccc(N2C(N3CCOCC3)=NC(N)=NC2Nc2ccc(F)c(Cl)c2)cc1. The van der Waals surface area contributed by atoms with Crippen LogP contribution < -0.4 is 16.0 Å². The molecular weight excluding hydrogens is 419 g/mol. The number of nitrogens with zero attached hydrogens (tertiary/aromatic N) is 4. The summed E-state index contributed by atoms with van der Waals surface area (Å²) in [4.78, 5) is 13.2. The van der Waals surface area contributed by atoms with Gasteiger partial charge in [0.1, 0.15) is 5.82 Å². The molecule has 2 aliphatic heterocycles. The molecule has 0 saturated carbocycles. The van der Waals surface area contributed by atoms with Gasteiger partial charge in [-0.1, -0.05) is 37.6 Å². The molecule has 1 saturated heterocycles. The number of anilines is 2. The lowest BCUT2D eigenvalue weighted by molar-refractivity contribution is 0.0671. The van der Waals surface area contributed by atoms with Crippen molar-refractivity contribution < 1.29 is 9.13 Å². The zero-order chi connectivity index (χ0) is 22.0. The molecule has 0 aliphatic carbocycles. The van der Waals surface area contributed by atoms with E-state index in [-0.39, 0.29) is 11.0 Å². The van der Waals surface area contributed by atoms with Gasteiger partial charge in [-0.2, -0.15) is 4.99 Å². The van der Waals surface area contributed by atoms with Crippen LogP contribution in [-0.2, 0) is 4.74 Å². The van der Waals surface area contributed by atoms with Crippen molar-refractivity contribution in [2.45, 2.75) is 26.1 Å². The van der Waals surface area contributed by atoms with Crippen LogP contribution in [0.2, 0.25) is 5.02 Å². The first kappa shape index (κ1) is 21.4. The Morgan fingerprint density at radius 2 is 1.87 bits per heavy atom. The number of nitrogens with one attached hydrogen (secondary N) is 1. The van der Waals surface area contributed by atoms with Gasteiger partial charge < -0.3 is 20.7 Å². The minimum Gasteiger partial charge on any atom is -0.378 e. The third-order valence-electron chi connectivity index (χ3n) is 5.28. The maximum absolute atomic E-state index is 13.6. The highest BCUT2D eigenvalue weighted by Gasteiger charge is 2.32. The Hall–Kier alpha value is -2.84. The molecule has 0 spiro atoms. The maximum atomic E-state index is 13.6. The highest BCUT2D eigenvalue weighted by atomic mass is 35.5. The van der Waals surface area contributed by atoms with Gasteiger partial charge in [0, 0.05) is 24.5 Å². The molecule has 0 bridgehead atoms. The molecule has 164 valence electrons. The Morgan fingerprint density at radius 3 is 2.52 bits per heavy atom. The summed E-state index contributed by atoms with van der Waals surface area (Å²) in [6.07, 6.45) is -0.582. The zero-order valence-electron chi connectivity index (χ0n) is 17.6. The van der Waals surface area contributed by atoms with E-state index in [9.17, 15) is 4.39 Å². The molecule has 1 unspecified atom stereocenters. The van der Waals surface area contributed by atoms with Crippen LogP contribution in [0, 0.1) is 5.82 Å². The first-order valence-corrected chi connectivity index (χ1v) is 10.7. The van der Waals surface area contributed by atoms with E-state index >= 15 is 0 Å². The van der Waals surface area contributed by atoms with Gasteiger partial charge in [0.15, 0.2) is 0 Å². The summed E-state index contributed by atoms with van der Waals surface area (Å²) in [5, 5.41) is 3.34. The summed E-state index contributed by atoms with van der Waals surface area (Å²) >= 11 is 5.98. The van der Waals surface area contributed by atoms with E-state index < -0.39 is 12.1 Å². The van der Waals surface area contributed by atoms with Crippen LogP contribution in [-0.4, -0.2) is 49.4 Å². The predicted molar refractivity (Wildman–Crippen MR) is 123 cm³/mol. The summed E-state index contributed by atoms with van der Waals surface area (Å²) in [5.74, 6) is 0.809. The third-order valence-corrected chi connectivity index (χ3v) is 5.57. The second-order valence-corrected chi connectivity index (χ2v) is 8.17. The van der Waals surface area contributed by atoms with Gasteiger partial charge in [-0.25, -0.2) is 9.38 Å². The topological polar surface area (TPSA) is 78.5 Å². The lowest BCUT2D eigenvalue weighted by atomic mass is 10.0. The number of nitrogens with two attached hydrogens (primary N) is 1. The second kappa shape index (κ2) is 9.11. The highest BCUT2D eigenvalue weighted by Crippen LogP contribution is 2.27. The average Bonchev–Trinajstić information content (AvgIpc) is 2.77. The molecule has 1 fully saturated rings. The molecule has 7 nitrogen and oxygen atoms in total. The summed E-state index contributed by atoms with van der Waals surface area (Å²) in [5.41, 5.74) is 8.86. The maximum Gasteiger partial charge on any atom is 0.222 e. The highest BCUT2D eigenvalue weighted by molar-refractivity contribution is 6.31. The predicted octanol–water partition coefficient (Wildman–Crippen LogP) is 3.82. The molecule has 0 radical (unpaired) electrons. The van der Waals surface area contributed by atoms with Gasteiger partial charge in [0.25, 0.3) is 0 Å². The minimum absolute atomic E-state index is 0.0349. The summed E-state index contributed by atoms with van der Waals surface area (Å²) < 4.78 is 19.1. The quantitative estimate of drug-likeness (QED) is 0.749. The Morgan fingerprint density at radius 1 is 1.16 bits per heavy atom. The molecule has 4 rings (SSSR count). The van der Waals surface area contributed by atoms with Crippen LogP contribution >= 0.6 is 11.6 Å². The Bertz CT molecular complexity index is 988. The van der Waals surface area contributed by atoms with Crippen LogP contribution in [0.3, 0.4) is 0 Å². The lowest BCUT2D eigenvalue weighted by Crippen LogP contribution is -2.57. The van der Waals surface area contributed by atoms with Gasteiger partial charge in [-0.15, -0.1) is 0 Å². The molecule has 0 aromatic heterocycles. The molecular formula is C22H26ClFN6O. The lowest BCUT2D eigenvalue weighted by Gasteiger charge is -2.41. The molecule has 2 heterocycles. The smallest absolute Gasteiger partial charge is 0.222 e. The van der Waals surface area contributed by atoms with Crippen molar-refractivity contribution in [3.63, 3.8) is 0 Å². The van der Waals surface area contributed by atoms with Crippen molar-refractivity contribution in [1.82, 2.24) is 4.90 Å². The normalized spacial score (nSPS) is 19.3. The number of hydrogen-bond donors (Lipinski definition) is 2. The van der Waals surface area contributed by atoms with E-state index in [0.29, 0.717) is 43.9 Å². The Balaban J connectivity index is 1.71. The van der Waals surface area contributed by atoms with Crippen LogP contribution in [0.15, 0.2) is 52.4 Å². The van der Waals surface area contributed by atoms with Crippen LogP contribution in [0.1, 0.15) is 25.3 Å². The van der Waals surface area contributed by atoms with Crippen LogP contribution in [0.5, 0.6) is 0 Å². The van der Waals surface area contributed by atoms with Crippen molar-refractivity contribution in [3.05, 3.63) is 58.9 Å². The van der Waals surface area contributed by atoms with Gasteiger partial charge in [-0.05, 0) is 41.8 Å². The van der Waals surface area contributed by atoms with E-state index in [2.05, 4.69) is 58.3 Å². The number of morpholine rings is 1. The zero-order valence-corrected chi connectivity index (χ0v) is 18.3. The first-order valence-electron chi connectivity index (χ1n) is 10.3. The summed E-state index contributed by atoms with van der Waals surface area (Å²) in [6.45, 7) is 6.93. The Labute approximate surface area is 186 Å². The fourth-order valence-corrected chi connectivity index (χ4v) is 3.75. The Kier molecular flexibility index (Phi) is 6.29. The van der Waals surface area contributed by atoms with Crippen molar-refractivity contribution >= 4 is 34.9 Å². The van der Waals surface area contributed by atoms with E-state index in [1.807, 2.05) is 4.90 Å². The van der Waals surface area contributed by atoms with Crippen molar-refractivity contribution in [3.8, 4) is 0 Å². The monoisotopic (exact) mass is 444 g/mol. The molecule has 3 N–H and O–H groups in total. The van der Waals surface area contributed by atoms with Gasteiger partial charge in [0.2, 0.25) is 18.2 Å². The fourth-order valence-electron chi connectivity index (χ4n) is 3.57. The van der Waals surface area contributed by atoms with Gasteiger partial charge in [-0.3, -0.25) is 4.90 Å². The minimum atomic E-state index is -0.582. The molecule has 2 aliphatic rings. The number of hydrogen-bond acceptors (Lipinski definition) is 7. The second-order valence-electron chi connectivity index (χ2n) is 7.76. The van der Waals surface area contributed by atoms with Crippen molar-refractivity contribution in [2.75, 3.05) is 36.5 Å². The summed E-state index contributed by atoms with van der Waals surface area (Å²) in [7, 11) is 0. The van der Waals surface area contributed by atoms with Gasteiger partial charge >= 0.3 is 0 Å². The molecule has 1 atom stereocenters. The molecule has 0 amide bonds. The van der Waals surface area contributed by atoms with Crippen LogP contribution in [0.25, 0.3) is 0 Å². The van der Waals surface area contributed by atoms with Crippen LogP contribution in [0.4, 0.5) is 15.8 Å². The number of benzene rings is 2. The molecule has 2 aromatic rings. The largest absolute Gasteiger partial charge is 0.378 e. The van der Waals surface area contributed by atoms with E-state index in [4.69, 9.17) is 22.1 Å². The number of halogens is 2. The number of guanidine groups is 2. The van der Waals surface area contributed by atoms with Crippen molar-refractivity contribution in [1.29, 1.82) is 0 Å². The summed E-state index contributed by atoms with van der Waals surface area (Å²) in [6, 6.07) is 12.8. The molecule has 9 heteroatoms. The van der Waals surface area contributed by atoms with E-state index in [1.54, 1.807) is 6.07 Å². The van der Waals surface area contributed by atoms with E-state index in [0.717, 1.165) is 5.69 Å². The fraction of sp³-hybridized carbons (Fsp3) is 0.364. The van der Waals surface area contributed by atoms with Crippen molar-refractivity contribution in [2.24, 2.45) is 15.7 Å².